The highest BCUT2D eigenvalue weighted by atomic mass is 31.2. The van der Waals surface area contributed by atoms with Crippen molar-refractivity contribution >= 4 is 25.7 Å². The lowest BCUT2D eigenvalue weighted by Gasteiger charge is -2.20. The van der Waals surface area contributed by atoms with Gasteiger partial charge in [0.1, 0.15) is 12.6 Å². The Balaban J connectivity index is 4.44. The van der Waals surface area contributed by atoms with Gasteiger partial charge in [-0.3, -0.25) is 23.4 Å². The van der Waals surface area contributed by atoms with Crippen LogP contribution in [-0.4, -0.2) is 59.9 Å². The van der Waals surface area contributed by atoms with Crippen LogP contribution in [0.3, 0.4) is 0 Å². The predicted molar refractivity (Wildman–Crippen MR) is 217 cm³/mol. The lowest BCUT2D eigenvalue weighted by atomic mass is 10.0. The molecule has 54 heavy (non-hydrogen) atoms. The molecule has 3 atom stereocenters. The number of hydrogen-bond acceptors (Lipinski definition) is 9. The SMILES string of the molecule is CC/C=C\C/C=C\C/C=C\C/C=C\CCCCCCC(=O)OC(COC(=O)CCCCCCCCCCCCCCC)COP(=O)(O)OCC(N)C(=O)O. The smallest absolute Gasteiger partial charge is 0.472 e. The van der Waals surface area contributed by atoms with Crippen LogP contribution in [0.5, 0.6) is 0 Å². The molecule has 0 aromatic carbocycles. The van der Waals surface area contributed by atoms with E-state index in [1.807, 2.05) is 0 Å². The summed E-state index contributed by atoms with van der Waals surface area (Å²) in [5.74, 6) is -2.41. The first-order valence-electron chi connectivity index (χ1n) is 20.7. The highest BCUT2D eigenvalue weighted by molar-refractivity contribution is 7.47. The van der Waals surface area contributed by atoms with E-state index in [0.29, 0.717) is 12.8 Å². The number of aliphatic carboxylic acids is 1. The Bertz CT molecular complexity index is 1110. The highest BCUT2D eigenvalue weighted by Gasteiger charge is 2.28. The van der Waals surface area contributed by atoms with E-state index in [2.05, 4.69) is 67.0 Å². The summed E-state index contributed by atoms with van der Waals surface area (Å²) in [5.41, 5.74) is 5.32. The number of carbonyl (C=O) groups excluding carboxylic acids is 2. The molecule has 0 rings (SSSR count). The Morgan fingerprint density at radius 2 is 1.04 bits per heavy atom. The van der Waals surface area contributed by atoms with Crippen molar-refractivity contribution in [2.45, 2.75) is 180 Å². The summed E-state index contributed by atoms with van der Waals surface area (Å²) < 4.78 is 32.6. The number of esters is 2. The molecule has 0 heterocycles. The van der Waals surface area contributed by atoms with Gasteiger partial charge >= 0.3 is 25.7 Å². The fourth-order valence-electron chi connectivity index (χ4n) is 5.35. The van der Waals surface area contributed by atoms with Gasteiger partial charge in [0, 0.05) is 12.8 Å². The zero-order valence-electron chi connectivity index (χ0n) is 33.6. The van der Waals surface area contributed by atoms with Crippen molar-refractivity contribution in [3.8, 4) is 0 Å². The summed E-state index contributed by atoms with van der Waals surface area (Å²) >= 11 is 0. The van der Waals surface area contributed by atoms with Crippen molar-refractivity contribution in [1.82, 2.24) is 0 Å². The summed E-state index contributed by atoms with van der Waals surface area (Å²) in [6.07, 6.45) is 40.3. The molecule has 4 N–H and O–H groups in total. The molecule has 0 radical (unpaired) electrons. The number of allylic oxidation sites excluding steroid dienone is 8. The second kappa shape index (κ2) is 37.4. The number of phosphoric ester groups is 1. The maximum absolute atomic E-state index is 12.6. The van der Waals surface area contributed by atoms with Gasteiger partial charge in [0.15, 0.2) is 6.10 Å². The lowest BCUT2D eigenvalue weighted by molar-refractivity contribution is -0.161. The van der Waals surface area contributed by atoms with Crippen molar-refractivity contribution in [3.63, 3.8) is 0 Å². The molecule has 0 fully saturated rings. The molecule has 0 bridgehead atoms. The van der Waals surface area contributed by atoms with E-state index in [0.717, 1.165) is 70.6 Å². The van der Waals surface area contributed by atoms with Gasteiger partial charge in [-0.15, -0.1) is 0 Å². The van der Waals surface area contributed by atoms with Crippen molar-refractivity contribution in [3.05, 3.63) is 48.6 Å². The summed E-state index contributed by atoms with van der Waals surface area (Å²) in [6.45, 7) is 2.65. The Kier molecular flexibility index (Phi) is 35.6. The minimum absolute atomic E-state index is 0.133. The first-order chi connectivity index (χ1) is 26.1. The number of hydrogen-bond donors (Lipinski definition) is 3. The van der Waals surface area contributed by atoms with Crippen LogP contribution >= 0.6 is 7.82 Å². The van der Waals surface area contributed by atoms with E-state index in [1.165, 1.54) is 57.8 Å². The number of unbranched alkanes of at least 4 members (excludes halogenated alkanes) is 16. The van der Waals surface area contributed by atoms with Gasteiger partial charge in [0.2, 0.25) is 0 Å². The fraction of sp³-hybridized carbons (Fsp3) is 0.738. The fourth-order valence-corrected chi connectivity index (χ4v) is 6.13. The number of carboxylic acid groups (broad SMARTS) is 1. The van der Waals surface area contributed by atoms with E-state index in [-0.39, 0.29) is 19.4 Å². The van der Waals surface area contributed by atoms with E-state index < -0.39 is 51.1 Å². The van der Waals surface area contributed by atoms with Crippen molar-refractivity contribution in [2.75, 3.05) is 19.8 Å². The van der Waals surface area contributed by atoms with Crippen LogP contribution < -0.4 is 5.73 Å². The van der Waals surface area contributed by atoms with Crippen molar-refractivity contribution in [1.29, 1.82) is 0 Å². The van der Waals surface area contributed by atoms with Crippen molar-refractivity contribution < 1.29 is 47.5 Å². The molecule has 0 saturated heterocycles. The summed E-state index contributed by atoms with van der Waals surface area (Å²) in [6, 6.07) is -1.53. The van der Waals surface area contributed by atoms with E-state index in [4.69, 9.17) is 24.8 Å². The Hall–Kier alpha value is -2.56. The van der Waals surface area contributed by atoms with Gasteiger partial charge in [-0.25, -0.2) is 4.57 Å². The Morgan fingerprint density at radius 1 is 0.593 bits per heavy atom. The van der Waals surface area contributed by atoms with Crippen LogP contribution in [0.2, 0.25) is 0 Å². The minimum Gasteiger partial charge on any atom is -0.480 e. The number of ether oxygens (including phenoxy) is 2. The van der Waals surface area contributed by atoms with Gasteiger partial charge in [0.25, 0.3) is 0 Å². The third-order valence-electron chi connectivity index (χ3n) is 8.59. The molecule has 3 unspecified atom stereocenters. The molecule has 0 aromatic heterocycles. The number of carbonyl (C=O) groups is 3. The van der Waals surface area contributed by atoms with Crippen LogP contribution in [0, 0.1) is 0 Å². The lowest BCUT2D eigenvalue weighted by Crippen LogP contribution is -2.34. The van der Waals surface area contributed by atoms with Crippen LogP contribution in [0.4, 0.5) is 0 Å². The van der Waals surface area contributed by atoms with E-state index >= 15 is 0 Å². The second-order valence-electron chi connectivity index (χ2n) is 13.7. The molecule has 0 amide bonds. The third-order valence-corrected chi connectivity index (χ3v) is 9.54. The molecule has 0 aliphatic carbocycles. The standard InChI is InChI=1S/C42H74NO10P/c1-3-5-7-9-11-13-15-17-18-19-20-22-24-26-28-30-32-34-41(45)53-38(36-51-54(48,49)52-37-39(43)42(46)47)35-50-40(44)33-31-29-27-25-23-21-16-14-12-10-8-6-4-2/h5,7,11,13,17-18,20,22,38-39H,3-4,6,8-10,12,14-16,19,21,23-37,43H2,1-2H3,(H,46,47)(H,48,49)/b7-5-,13-11-,18-17-,22-20-. The van der Waals surface area contributed by atoms with Crippen LogP contribution in [0.25, 0.3) is 0 Å². The number of carboxylic acids is 1. The molecule has 12 heteroatoms. The van der Waals surface area contributed by atoms with E-state index in [1.54, 1.807) is 0 Å². The molecule has 0 aliphatic heterocycles. The Morgan fingerprint density at radius 3 is 1.56 bits per heavy atom. The molecular weight excluding hydrogens is 709 g/mol. The molecule has 0 aromatic rings. The minimum atomic E-state index is -4.72. The maximum atomic E-state index is 12.6. The molecular formula is C42H74NO10P. The van der Waals surface area contributed by atoms with Gasteiger partial charge in [-0.1, -0.05) is 152 Å². The van der Waals surface area contributed by atoms with Crippen molar-refractivity contribution in [2.24, 2.45) is 5.73 Å². The summed E-state index contributed by atoms with van der Waals surface area (Å²) in [7, 11) is -4.72. The number of phosphoric acid groups is 1. The number of rotatable bonds is 38. The molecule has 11 nitrogen and oxygen atoms in total. The number of nitrogens with two attached hydrogens (primary N) is 1. The topological polar surface area (TPSA) is 172 Å². The average Bonchev–Trinajstić information content (AvgIpc) is 3.14. The molecule has 0 saturated carbocycles. The highest BCUT2D eigenvalue weighted by Crippen LogP contribution is 2.43. The normalized spacial score (nSPS) is 14.3. The third kappa shape index (κ3) is 36.4. The second-order valence-corrected chi connectivity index (χ2v) is 15.2. The summed E-state index contributed by atoms with van der Waals surface area (Å²) in [5, 5.41) is 8.87. The van der Waals surface area contributed by atoms with Gasteiger partial charge in [-0.2, -0.15) is 0 Å². The molecule has 312 valence electrons. The zero-order chi connectivity index (χ0) is 40.0. The predicted octanol–water partition coefficient (Wildman–Crippen LogP) is 10.6. The average molecular weight is 784 g/mol. The largest absolute Gasteiger partial charge is 0.480 e. The summed E-state index contributed by atoms with van der Waals surface area (Å²) in [4.78, 5) is 45.9. The maximum Gasteiger partial charge on any atom is 0.472 e. The molecule has 0 spiro atoms. The molecule has 0 aliphatic rings. The monoisotopic (exact) mass is 784 g/mol. The van der Waals surface area contributed by atoms with Crippen LogP contribution in [0.1, 0.15) is 168 Å². The Labute approximate surface area is 326 Å². The van der Waals surface area contributed by atoms with Gasteiger partial charge in [-0.05, 0) is 51.4 Å². The first-order valence-corrected chi connectivity index (χ1v) is 22.2. The first kappa shape index (κ1) is 51.4. The van der Waals surface area contributed by atoms with Crippen LogP contribution in [-0.2, 0) is 37.5 Å². The van der Waals surface area contributed by atoms with Crippen LogP contribution in [0.15, 0.2) is 48.6 Å². The quantitative estimate of drug-likeness (QED) is 0.0235. The van der Waals surface area contributed by atoms with E-state index in [9.17, 15) is 23.8 Å². The van der Waals surface area contributed by atoms with Gasteiger partial charge in [0.05, 0.1) is 13.2 Å². The zero-order valence-corrected chi connectivity index (χ0v) is 34.4. The van der Waals surface area contributed by atoms with Gasteiger partial charge < -0.3 is 25.2 Å².